The van der Waals surface area contributed by atoms with E-state index < -0.39 is 0 Å². The Morgan fingerprint density at radius 3 is 3.00 bits per heavy atom. The molecule has 0 radical (unpaired) electrons. The third-order valence-corrected chi connectivity index (χ3v) is 4.06. The average Bonchev–Trinajstić information content (AvgIpc) is 2.60. The second kappa shape index (κ2) is 10.2. The Labute approximate surface area is 138 Å². The van der Waals surface area contributed by atoms with Gasteiger partial charge in [0.15, 0.2) is 0 Å². The van der Waals surface area contributed by atoms with E-state index in [1.165, 1.54) is 12.8 Å². The predicted molar refractivity (Wildman–Crippen MR) is 91.0 cm³/mol. The van der Waals surface area contributed by atoms with Gasteiger partial charge in [-0.05, 0) is 57.3 Å². The van der Waals surface area contributed by atoms with Crippen molar-refractivity contribution >= 4 is 5.91 Å². The molecule has 23 heavy (non-hydrogen) atoms. The summed E-state index contributed by atoms with van der Waals surface area (Å²) in [5.41, 5.74) is 0.589. The largest absolute Gasteiger partial charge is 0.490 e. The van der Waals surface area contributed by atoms with Gasteiger partial charge in [0.1, 0.15) is 12.4 Å². The Bertz CT molecular complexity index is 473. The van der Waals surface area contributed by atoms with Gasteiger partial charge in [-0.3, -0.25) is 4.79 Å². The molecule has 0 aromatic heterocycles. The predicted octanol–water partition coefficient (Wildman–Crippen LogP) is 2.22. The molecule has 0 aliphatic carbocycles. The minimum absolute atomic E-state index is 0.0687. The SMILES string of the molecule is CCOCCOc1ccccc1C(=O)NCCC1CCCNC1. The first-order valence-electron chi connectivity index (χ1n) is 8.59. The van der Waals surface area contributed by atoms with Crippen LogP contribution in [0.4, 0.5) is 0 Å². The topological polar surface area (TPSA) is 59.6 Å². The maximum Gasteiger partial charge on any atom is 0.255 e. The van der Waals surface area contributed by atoms with Gasteiger partial charge in [0, 0.05) is 13.2 Å². The molecule has 5 heteroatoms. The molecule has 1 aromatic carbocycles. The second-order valence-corrected chi connectivity index (χ2v) is 5.80. The highest BCUT2D eigenvalue weighted by Crippen LogP contribution is 2.18. The highest BCUT2D eigenvalue weighted by Gasteiger charge is 2.15. The smallest absolute Gasteiger partial charge is 0.255 e. The third-order valence-electron chi connectivity index (χ3n) is 4.06. The van der Waals surface area contributed by atoms with E-state index in [1.807, 2.05) is 25.1 Å². The molecule has 2 rings (SSSR count). The van der Waals surface area contributed by atoms with Crippen LogP contribution in [0.15, 0.2) is 24.3 Å². The van der Waals surface area contributed by atoms with Crippen LogP contribution < -0.4 is 15.4 Å². The van der Waals surface area contributed by atoms with Gasteiger partial charge in [0.25, 0.3) is 5.91 Å². The fourth-order valence-corrected chi connectivity index (χ4v) is 2.79. The summed E-state index contributed by atoms with van der Waals surface area (Å²) in [7, 11) is 0. The molecule has 1 saturated heterocycles. The van der Waals surface area contributed by atoms with Crippen molar-refractivity contribution in [3.63, 3.8) is 0 Å². The van der Waals surface area contributed by atoms with Crippen LogP contribution >= 0.6 is 0 Å². The highest BCUT2D eigenvalue weighted by molar-refractivity contribution is 5.96. The molecular formula is C18H28N2O3. The van der Waals surface area contributed by atoms with Gasteiger partial charge in [-0.2, -0.15) is 0 Å². The van der Waals surface area contributed by atoms with Gasteiger partial charge >= 0.3 is 0 Å². The number of piperidine rings is 1. The molecule has 1 heterocycles. The quantitative estimate of drug-likeness (QED) is 0.685. The molecule has 1 amide bonds. The van der Waals surface area contributed by atoms with Crippen molar-refractivity contribution in [1.29, 1.82) is 0 Å². The van der Waals surface area contributed by atoms with E-state index >= 15 is 0 Å². The molecule has 1 unspecified atom stereocenters. The summed E-state index contributed by atoms with van der Waals surface area (Å²) < 4.78 is 10.9. The van der Waals surface area contributed by atoms with Crippen molar-refractivity contribution in [2.24, 2.45) is 5.92 Å². The number of ether oxygens (including phenoxy) is 2. The van der Waals surface area contributed by atoms with Gasteiger partial charge < -0.3 is 20.1 Å². The van der Waals surface area contributed by atoms with Crippen LogP contribution in [-0.4, -0.2) is 45.4 Å². The van der Waals surface area contributed by atoms with Crippen LogP contribution in [0.2, 0.25) is 0 Å². The number of carbonyl (C=O) groups excluding carboxylic acids is 1. The zero-order valence-corrected chi connectivity index (χ0v) is 14.0. The van der Waals surface area contributed by atoms with E-state index in [2.05, 4.69) is 10.6 Å². The number of nitrogens with one attached hydrogen (secondary N) is 2. The first kappa shape index (κ1) is 17.8. The van der Waals surface area contributed by atoms with Crippen molar-refractivity contribution < 1.29 is 14.3 Å². The van der Waals surface area contributed by atoms with Gasteiger partial charge in [0.2, 0.25) is 0 Å². The normalized spacial score (nSPS) is 17.7. The first-order chi connectivity index (χ1) is 11.3. The fourth-order valence-electron chi connectivity index (χ4n) is 2.79. The first-order valence-corrected chi connectivity index (χ1v) is 8.59. The van der Waals surface area contributed by atoms with E-state index in [1.54, 1.807) is 6.07 Å². The lowest BCUT2D eigenvalue weighted by Crippen LogP contribution is -2.33. The molecule has 1 aliphatic heterocycles. The summed E-state index contributed by atoms with van der Waals surface area (Å²) in [5, 5.41) is 6.41. The lowest BCUT2D eigenvalue weighted by molar-refractivity contribution is 0.0933. The number of hydrogen-bond donors (Lipinski definition) is 2. The standard InChI is InChI=1S/C18H28N2O3/c1-2-22-12-13-23-17-8-4-3-7-16(17)18(21)20-11-9-15-6-5-10-19-14-15/h3-4,7-8,15,19H,2,5-6,9-14H2,1H3,(H,20,21). The van der Waals surface area contributed by atoms with Crippen molar-refractivity contribution in [3.05, 3.63) is 29.8 Å². The lowest BCUT2D eigenvalue weighted by atomic mass is 9.96. The number of amides is 1. The summed E-state index contributed by atoms with van der Waals surface area (Å²) in [6, 6.07) is 7.36. The summed E-state index contributed by atoms with van der Waals surface area (Å²) in [6.45, 7) is 6.48. The second-order valence-electron chi connectivity index (χ2n) is 5.80. The molecule has 0 spiro atoms. The monoisotopic (exact) mass is 320 g/mol. The van der Waals surface area contributed by atoms with Crippen molar-refractivity contribution in [1.82, 2.24) is 10.6 Å². The molecule has 1 atom stereocenters. The molecule has 128 valence electrons. The summed E-state index contributed by atoms with van der Waals surface area (Å²) in [5.74, 6) is 1.21. The molecule has 2 N–H and O–H groups in total. The molecular weight excluding hydrogens is 292 g/mol. The zero-order chi connectivity index (χ0) is 16.3. The van der Waals surface area contributed by atoms with Gasteiger partial charge in [-0.25, -0.2) is 0 Å². The fraction of sp³-hybridized carbons (Fsp3) is 0.611. The zero-order valence-electron chi connectivity index (χ0n) is 14.0. The van der Waals surface area contributed by atoms with Crippen molar-refractivity contribution in [3.8, 4) is 5.75 Å². The molecule has 1 aliphatic rings. The Balaban J connectivity index is 1.78. The van der Waals surface area contributed by atoms with Gasteiger partial charge in [-0.1, -0.05) is 12.1 Å². The lowest BCUT2D eigenvalue weighted by Gasteiger charge is -2.22. The van der Waals surface area contributed by atoms with Gasteiger partial charge in [-0.15, -0.1) is 0 Å². The molecule has 5 nitrogen and oxygen atoms in total. The number of benzene rings is 1. The van der Waals surface area contributed by atoms with Crippen LogP contribution in [-0.2, 0) is 4.74 Å². The number of carbonyl (C=O) groups is 1. The number of hydrogen-bond acceptors (Lipinski definition) is 4. The van der Waals surface area contributed by atoms with Crippen LogP contribution in [0.5, 0.6) is 5.75 Å². The summed E-state index contributed by atoms with van der Waals surface area (Å²) in [4.78, 5) is 12.4. The maximum absolute atomic E-state index is 12.4. The molecule has 1 fully saturated rings. The van der Waals surface area contributed by atoms with Gasteiger partial charge in [0.05, 0.1) is 12.2 Å². The Morgan fingerprint density at radius 2 is 2.22 bits per heavy atom. The number of rotatable bonds is 9. The molecule has 0 saturated carbocycles. The van der Waals surface area contributed by atoms with Crippen LogP contribution in [0.3, 0.4) is 0 Å². The van der Waals surface area contributed by atoms with E-state index in [9.17, 15) is 4.79 Å². The molecule has 0 bridgehead atoms. The Morgan fingerprint density at radius 1 is 1.35 bits per heavy atom. The van der Waals surface area contributed by atoms with E-state index in [4.69, 9.17) is 9.47 Å². The van der Waals surface area contributed by atoms with E-state index in [-0.39, 0.29) is 5.91 Å². The van der Waals surface area contributed by atoms with E-state index in [0.717, 1.165) is 19.5 Å². The number of para-hydroxylation sites is 1. The molecule has 1 aromatic rings. The Hall–Kier alpha value is -1.59. The summed E-state index contributed by atoms with van der Waals surface area (Å²) >= 11 is 0. The third kappa shape index (κ3) is 6.20. The van der Waals surface area contributed by atoms with Crippen LogP contribution in [0, 0.1) is 5.92 Å². The minimum atomic E-state index is -0.0687. The minimum Gasteiger partial charge on any atom is -0.490 e. The summed E-state index contributed by atoms with van der Waals surface area (Å²) in [6.07, 6.45) is 3.50. The maximum atomic E-state index is 12.4. The van der Waals surface area contributed by atoms with Crippen LogP contribution in [0.1, 0.15) is 36.5 Å². The Kier molecular flexibility index (Phi) is 7.90. The van der Waals surface area contributed by atoms with Crippen LogP contribution in [0.25, 0.3) is 0 Å². The van der Waals surface area contributed by atoms with Crippen molar-refractivity contribution in [2.45, 2.75) is 26.2 Å². The highest BCUT2D eigenvalue weighted by atomic mass is 16.5. The van der Waals surface area contributed by atoms with E-state index in [0.29, 0.717) is 43.6 Å². The average molecular weight is 320 g/mol. The van der Waals surface area contributed by atoms with Crippen molar-refractivity contribution in [2.75, 3.05) is 39.5 Å².